The van der Waals surface area contributed by atoms with Gasteiger partial charge in [0.25, 0.3) is 0 Å². The topological polar surface area (TPSA) is 102 Å². The number of carbonyl (C=O) groups excluding carboxylic acids is 1. The van der Waals surface area contributed by atoms with Gasteiger partial charge in [0.2, 0.25) is 5.91 Å². The molecule has 1 atom stereocenters. The fourth-order valence-corrected chi connectivity index (χ4v) is 1.54. The Hall–Kier alpha value is -1.92. The van der Waals surface area contributed by atoms with E-state index >= 15 is 0 Å². The first-order valence-corrected chi connectivity index (χ1v) is 5.93. The van der Waals surface area contributed by atoms with Crippen LogP contribution in [-0.2, 0) is 9.53 Å². The number of carbonyl (C=O) groups is 2. The molecule has 1 amide bonds. The van der Waals surface area contributed by atoms with Crippen LogP contribution < -0.4 is 11.1 Å². The van der Waals surface area contributed by atoms with Crippen molar-refractivity contribution in [2.24, 2.45) is 5.73 Å². The maximum Gasteiger partial charge on any atom is 0.335 e. The minimum absolute atomic E-state index is 0.116. The van der Waals surface area contributed by atoms with Crippen LogP contribution in [0.5, 0.6) is 0 Å². The van der Waals surface area contributed by atoms with E-state index in [1.165, 1.54) is 12.1 Å². The third-order valence-corrected chi connectivity index (χ3v) is 2.58. The summed E-state index contributed by atoms with van der Waals surface area (Å²) in [5, 5.41) is 11.4. The number of anilines is 1. The van der Waals surface area contributed by atoms with E-state index in [1.807, 2.05) is 0 Å². The highest BCUT2D eigenvalue weighted by molar-refractivity contribution is 5.96. The van der Waals surface area contributed by atoms with Gasteiger partial charge in [-0.3, -0.25) is 4.79 Å². The number of nitrogens with one attached hydrogen (secondary N) is 1. The molecule has 1 unspecified atom stereocenters. The standard InChI is InChI=1S/C13H18N2O4/c1-19-7-3-6-11(14)12(16)15-10-5-2-4-9(8-10)13(17)18/h2,4-5,8,11H,3,6-7,14H2,1H3,(H,15,16)(H,17,18). The number of aromatic carboxylic acids is 1. The van der Waals surface area contributed by atoms with Gasteiger partial charge in [-0.15, -0.1) is 0 Å². The molecule has 0 aromatic heterocycles. The van der Waals surface area contributed by atoms with Gasteiger partial charge in [-0.2, -0.15) is 0 Å². The Morgan fingerprint density at radius 1 is 1.47 bits per heavy atom. The first kappa shape index (κ1) is 15.1. The maximum atomic E-state index is 11.8. The molecule has 4 N–H and O–H groups in total. The molecular formula is C13H18N2O4. The number of carboxylic acids is 1. The van der Waals surface area contributed by atoms with Gasteiger partial charge < -0.3 is 20.9 Å². The molecule has 0 bridgehead atoms. The zero-order valence-corrected chi connectivity index (χ0v) is 10.8. The first-order valence-electron chi connectivity index (χ1n) is 5.93. The van der Waals surface area contributed by atoms with Crippen molar-refractivity contribution in [1.82, 2.24) is 0 Å². The van der Waals surface area contributed by atoms with Crippen LogP contribution in [0.3, 0.4) is 0 Å². The van der Waals surface area contributed by atoms with Crippen LogP contribution >= 0.6 is 0 Å². The molecule has 6 nitrogen and oxygen atoms in total. The predicted molar refractivity (Wildman–Crippen MR) is 71.1 cm³/mol. The average Bonchev–Trinajstić information content (AvgIpc) is 2.39. The number of ether oxygens (including phenoxy) is 1. The summed E-state index contributed by atoms with van der Waals surface area (Å²) in [6.45, 7) is 0.551. The van der Waals surface area contributed by atoms with Crippen LogP contribution in [0.4, 0.5) is 5.69 Å². The van der Waals surface area contributed by atoms with Crippen molar-refractivity contribution in [3.8, 4) is 0 Å². The fourth-order valence-electron chi connectivity index (χ4n) is 1.54. The van der Waals surface area contributed by atoms with Crippen molar-refractivity contribution in [2.75, 3.05) is 19.0 Å². The predicted octanol–water partition coefficient (Wildman–Crippen LogP) is 1.08. The van der Waals surface area contributed by atoms with E-state index in [0.29, 0.717) is 25.1 Å². The second-order valence-corrected chi connectivity index (χ2v) is 4.12. The molecule has 6 heteroatoms. The number of hydrogen-bond acceptors (Lipinski definition) is 4. The Morgan fingerprint density at radius 2 is 2.21 bits per heavy atom. The summed E-state index contributed by atoms with van der Waals surface area (Å²) in [4.78, 5) is 22.6. The van der Waals surface area contributed by atoms with E-state index in [-0.39, 0.29) is 11.5 Å². The molecule has 0 saturated heterocycles. The molecule has 0 aliphatic heterocycles. The number of methoxy groups -OCH3 is 1. The fraction of sp³-hybridized carbons (Fsp3) is 0.385. The molecule has 0 fully saturated rings. The number of nitrogens with two attached hydrogens (primary N) is 1. The quantitative estimate of drug-likeness (QED) is 0.641. The van der Waals surface area contributed by atoms with Crippen molar-refractivity contribution >= 4 is 17.6 Å². The van der Waals surface area contributed by atoms with Gasteiger partial charge >= 0.3 is 5.97 Å². The number of rotatable bonds is 7. The minimum atomic E-state index is -1.04. The first-order chi connectivity index (χ1) is 9.04. The summed E-state index contributed by atoms with van der Waals surface area (Å²) in [7, 11) is 1.59. The molecule has 1 aromatic carbocycles. The second kappa shape index (κ2) is 7.50. The largest absolute Gasteiger partial charge is 0.478 e. The highest BCUT2D eigenvalue weighted by Gasteiger charge is 2.13. The molecule has 1 rings (SSSR count). The lowest BCUT2D eigenvalue weighted by Crippen LogP contribution is -2.35. The number of amides is 1. The lowest BCUT2D eigenvalue weighted by molar-refractivity contribution is -0.117. The molecule has 0 aliphatic rings. The number of carboxylic acid groups (broad SMARTS) is 1. The van der Waals surface area contributed by atoms with Crippen LogP contribution in [-0.4, -0.2) is 36.7 Å². The van der Waals surface area contributed by atoms with E-state index in [4.69, 9.17) is 15.6 Å². The Morgan fingerprint density at radius 3 is 2.84 bits per heavy atom. The average molecular weight is 266 g/mol. The van der Waals surface area contributed by atoms with E-state index in [0.717, 1.165) is 0 Å². The van der Waals surface area contributed by atoms with Crippen molar-refractivity contribution in [3.05, 3.63) is 29.8 Å². The van der Waals surface area contributed by atoms with Gasteiger partial charge in [-0.25, -0.2) is 4.79 Å². The third-order valence-electron chi connectivity index (χ3n) is 2.58. The van der Waals surface area contributed by atoms with Crippen molar-refractivity contribution in [3.63, 3.8) is 0 Å². The summed E-state index contributed by atoms with van der Waals surface area (Å²) in [5.74, 6) is -1.38. The van der Waals surface area contributed by atoms with Gasteiger partial charge in [0.05, 0.1) is 11.6 Å². The lowest BCUT2D eigenvalue weighted by Gasteiger charge is -2.12. The summed E-state index contributed by atoms with van der Waals surface area (Å²) in [6, 6.07) is 5.39. The zero-order valence-electron chi connectivity index (χ0n) is 10.8. The van der Waals surface area contributed by atoms with Gasteiger partial charge in [0.1, 0.15) is 0 Å². The van der Waals surface area contributed by atoms with Crippen LogP contribution in [0.1, 0.15) is 23.2 Å². The van der Waals surface area contributed by atoms with Crippen LogP contribution in [0.2, 0.25) is 0 Å². The molecule has 0 heterocycles. The van der Waals surface area contributed by atoms with Gasteiger partial charge in [-0.05, 0) is 31.0 Å². The Balaban J connectivity index is 2.56. The summed E-state index contributed by atoms with van der Waals surface area (Å²) < 4.78 is 4.88. The monoisotopic (exact) mass is 266 g/mol. The summed E-state index contributed by atoms with van der Waals surface area (Å²) >= 11 is 0. The van der Waals surface area contributed by atoms with E-state index in [1.54, 1.807) is 19.2 Å². The smallest absolute Gasteiger partial charge is 0.335 e. The number of benzene rings is 1. The normalized spacial score (nSPS) is 11.9. The van der Waals surface area contributed by atoms with E-state index in [9.17, 15) is 9.59 Å². The molecule has 0 saturated carbocycles. The highest BCUT2D eigenvalue weighted by Crippen LogP contribution is 2.11. The molecule has 1 aromatic rings. The van der Waals surface area contributed by atoms with Crippen LogP contribution in [0, 0.1) is 0 Å². The van der Waals surface area contributed by atoms with Gasteiger partial charge in [0, 0.05) is 19.4 Å². The molecular weight excluding hydrogens is 248 g/mol. The lowest BCUT2D eigenvalue weighted by atomic mass is 10.1. The number of hydrogen-bond donors (Lipinski definition) is 3. The summed E-state index contributed by atoms with van der Waals surface area (Å²) in [6.07, 6.45) is 1.21. The second-order valence-electron chi connectivity index (χ2n) is 4.12. The van der Waals surface area contributed by atoms with E-state index < -0.39 is 12.0 Å². The van der Waals surface area contributed by atoms with Crippen molar-refractivity contribution < 1.29 is 19.4 Å². The zero-order chi connectivity index (χ0) is 14.3. The Bertz CT molecular complexity index is 448. The third kappa shape index (κ3) is 5.07. The Kier molecular flexibility index (Phi) is 5.98. The van der Waals surface area contributed by atoms with Crippen molar-refractivity contribution in [1.29, 1.82) is 0 Å². The van der Waals surface area contributed by atoms with Crippen LogP contribution in [0.25, 0.3) is 0 Å². The molecule has 0 spiro atoms. The van der Waals surface area contributed by atoms with Gasteiger partial charge in [0.15, 0.2) is 0 Å². The van der Waals surface area contributed by atoms with Gasteiger partial charge in [-0.1, -0.05) is 6.07 Å². The highest BCUT2D eigenvalue weighted by atomic mass is 16.5. The molecule has 0 radical (unpaired) electrons. The molecule has 19 heavy (non-hydrogen) atoms. The summed E-state index contributed by atoms with van der Waals surface area (Å²) in [5.41, 5.74) is 6.26. The Labute approximate surface area is 111 Å². The van der Waals surface area contributed by atoms with Crippen molar-refractivity contribution in [2.45, 2.75) is 18.9 Å². The maximum absolute atomic E-state index is 11.8. The molecule has 0 aliphatic carbocycles. The molecule has 104 valence electrons. The van der Waals surface area contributed by atoms with E-state index in [2.05, 4.69) is 5.32 Å². The van der Waals surface area contributed by atoms with Crippen LogP contribution in [0.15, 0.2) is 24.3 Å². The SMILES string of the molecule is COCCCC(N)C(=O)Nc1cccc(C(=O)O)c1. The minimum Gasteiger partial charge on any atom is -0.478 e.